The molecule has 0 aliphatic heterocycles. The van der Waals surface area contributed by atoms with Crippen LogP contribution >= 0.6 is 11.6 Å². The number of benzene rings is 2. The lowest BCUT2D eigenvalue weighted by molar-refractivity contribution is -0.384. The number of non-ortho nitro benzene ring substituents is 1. The lowest BCUT2D eigenvalue weighted by Crippen LogP contribution is -2.40. The first kappa shape index (κ1) is 19.9. The van der Waals surface area contributed by atoms with Crippen molar-refractivity contribution in [2.45, 2.75) is 0 Å². The number of nitrogens with one attached hydrogen (secondary N) is 3. The van der Waals surface area contributed by atoms with Gasteiger partial charge in [-0.25, -0.2) is 0 Å². The highest BCUT2D eigenvalue weighted by Crippen LogP contribution is 2.13. The minimum atomic E-state index is -0.639. The van der Waals surface area contributed by atoms with Gasteiger partial charge in [-0.1, -0.05) is 17.7 Å². The summed E-state index contributed by atoms with van der Waals surface area (Å²) >= 11 is 5.74. The Morgan fingerprint density at radius 1 is 0.963 bits per heavy atom. The molecule has 0 aromatic heterocycles. The number of rotatable bonds is 7. The number of amides is 3. The molecule has 0 atom stereocenters. The fourth-order valence-corrected chi connectivity index (χ4v) is 2.13. The summed E-state index contributed by atoms with van der Waals surface area (Å²) in [6, 6.07) is 11.6. The third-order valence-corrected chi connectivity index (χ3v) is 3.55. The van der Waals surface area contributed by atoms with Crippen molar-refractivity contribution < 1.29 is 19.3 Å². The van der Waals surface area contributed by atoms with Gasteiger partial charge in [-0.2, -0.15) is 0 Å². The Labute approximate surface area is 158 Å². The number of carbonyl (C=O) groups excluding carboxylic acids is 3. The maximum Gasteiger partial charge on any atom is 0.270 e. The Morgan fingerprint density at radius 3 is 2.30 bits per heavy atom. The normalized spacial score (nSPS) is 9.96. The summed E-state index contributed by atoms with van der Waals surface area (Å²) in [6.07, 6.45) is 0. The molecule has 10 heteroatoms. The van der Waals surface area contributed by atoms with Crippen LogP contribution in [0.5, 0.6) is 0 Å². The molecule has 0 unspecified atom stereocenters. The van der Waals surface area contributed by atoms with Gasteiger partial charge in [0.05, 0.1) is 18.0 Å². The van der Waals surface area contributed by atoms with Gasteiger partial charge in [-0.15, -0.1) is 0 Å². The standard InChI is InChI=1S/C17H15ClN4O5/c18-12-4-6-13(7-5-12)21-16(24)10-19-15(23)9-20-17(25)11-2-1-3-14(8-11)22(26)27/h1-8H,9-10H2,(H,19,23)(H,20,25)(H,21,24). The van der Waals surface area contributed by atoms with Crippen molar-refractivity contribution >= 4 is 40.7 Å². The van der Waals surface area contributed by atoms with E-state index in [0.717, 1.165) is 6.07 Å². The van der Waals surface area contributed by atoms with Gasteiger partial charge < -0.3 is 16.0 Å². The van der Waals surface area contributed by atoms with Crippen LogP contribution in [-0.4, -0.2) is 35.7 Å². The fraction of sp³-hybridized carbons (Fsp3) is 0.118. The molecule has 0 saturated carbocycles. The first-order chi connectivity index (χ1) is 12.8. The Kier molecular flexibility index (Phi) is 6.84. The van der Waals surface area contributed by atoms with E-state index in [0.29, 0.717) is 10.7 Å². The average molecular weight is 391 g/mol. The molecule has 0 fully saturated rings. The van der Waals surface area contributed by atoms with Gasteiger partial charge in [0.15, 0.2) is 0 Å². The largest absolute Gasteiger partial charge is 0.345 e. The van der Waals surface area contributed by atoms with Crippen LogP contribution in [0.25, 0.3) is 0 Å². The number of halogens is 1. The van der Waals surface area contributed by atoms with Crippen LogP contribution in [0.4, 0.5) is 11.4 Å². The second-order valence-electron chi connectivity index (χ2n) is 5.32. The zero-order valence-corrected chi connectivity index (χ0v) is 14.7. The first-order valence-corrected chi connectivity index (χ1v) is 8.08. The molecule has 0 saturated heterocycles. The van der Waals surface area contributed by atoms with E-state index in [9.17, 15) is 24.5 Å². The minimum Gasteiger partial charge on any atom is -0.345 e. The van der Waals surface area contributed by atoms with E-state index >= 15 is 0 Å². The maximum absolute atomic E-state index is 11.9. The highest BCUT2D eigenvalue weighted by Gasteiger charge is 2.13. The third kappa shape index (κ3) is 6.40. The van der Waals surface area contributed by atoms with Crippen LogP contribution in [0.1, 0.15) is 10.4 Å². The lowest BCUT2D eigenvalue weighted by Gasteiger charge is -2.08. The minimum absolute atomic E-state index is 0.0532. The second kappa shape index (κ2) is 9.30. The molecule has 27 heavy (non-hydrogen) atoms. The number of nitrogens with zero attached hydrogens (tertiary/aromatic N) is 1. The number of anilines is 1. The van der Waals surface area contributed by atoms with Gasteiger partial charge in [0.1, 0.15) is 0 Å². The molecule has 2 aromatic carbocycles. The van der Waals surface area contributed by atoms with Crippen molar-refractivity contribution in [2.24, 2.45) is 0 Å². The van der Waals surface area contributed by atoms with Crippen molar-refractivity contribution in [3.63, 3.8) is 0 Å². The predicted molar refractivity (Wildman–Crippen MR) is 98.5 cm³/mol. The second-order valence-corrected chi connectivity index (χ2v) is 5.76. The first-order valence-electron chi connectivity index (χ1n) is 7.70. The molecule has 0 aliphatic rings. The number of hydrogen-bond acceptors (Lipinski definition) is 5. The molecular weight excluding hydrogens is 376 g/mol. The highest BCUT2D eigenvalue weighted by atomic mass is 35.5. The van der Waals surface area contributed by atoms with Gasteiger partial charge in [-0.3, -0.25) is 24.5 Å². The number of nitro groups is 1. The third-order valence-electron chi connectivity index (χ3n) is 3.30. The summed E-state index contributed by atoms with van der Waals surface area (Å²) in [5.74, 6) is -1.67. The number of nitro benzene ring substituents is 1. The summed E-state index contributed by atoms with van der Waals surface area (Å²) in [6.45, 7) is -0.663. The highest BCUT2D eigenvalue weighted by molar-refractivity contribution is 6.30. The van der Waals surface area contributed by atoms with Crippen molar-refractivity contribution in [1.29, 1.82) is 0 Å². The van der Waals surface area contributed by atoms with Crippen molar-refractivity contribution in [3.8, 4) is 0 Å². The molecule has 0 heterocycles. The van der Waals surface area contributed by atoms with E-state index in [1.165, 1.54) is 18.2 Å². The Hall–Kier alpha value is -3.46. The average Bonchev–Trinajstić information content (AvgIpc) is 2.66. The molecule has 9 nitrogen and oxygen atoms in total. The lowest BCUT2D eigenvalue weighted by atomic mass is 10.2. The van der Waals surface area contributed by atoms with Crippen LogP contribution < -0.4 is 16.0 Å². The predicted octanol–water partition coefficient (Wildman–Crippen LogP) is 1.73. The molecule has 140 valence electrons. The van der Waals surface area contributed by atoms with E-state index in [1.807, 2.05) is 0 Å². The number of hydrogen-bond donors (Lipinski definition) is 3. The molecule has 0 aliphatic carbocycles. The quantitative estimate of drug-likeness (QED) is 0.489. The number of carbonyl (C=O) groups is 3. The van der Waals surface area contributed by atoms with Gasteiger partial charge in [0, 0.05) is 28.4 Å². The van der Waals surface area contributed by atoms with Crippen LogP contribution in [-0.2, 0) is 9.59 Å². The summed E-state index contributed by atoms with van der Waals surface area (Å²) in [7, 11) is 0. The molecular formula is C17H15ClN4O5. The van der Waals surface area contributed by atoms with Crippen molar-refractivity contribution in [3.05, 3.63) is 69.2 Å². The van der Waals surface area contributed by atoms with E-state index in [1.54, 1.807) is 24.3 Å². The zero-order chi connectivity index (χ0) is 19.8. The molecule has 3 amide bonds. The monoisotopic (exact) mass is 390 g/mol. The molecule has 0 radical (unpaired) electrons. The van der Waals surface area contributed by atoms with Gasteiger partial charge in [0.2, 0.25) is 11.8 Å². The SMILES string of the molecule is O=C(CNC(=O)c1cccc([N+](=O)[O-])c1)NCC(=O)Nc1ccc(Cl)cc1. The van der Waals surface area contributed by atoms with Crippen LogP contribution in [0, 0.1) is 10.1 Å². The molecule has 0 spiro atoms. The Balaban J connectivity index is 1.76. The summed E-state index contributed by atoms with van der Waals surface area (Å²) in [4.78, 5) is 45.5. The van der Waals surface area contributed by atoms with E-state index < -0.39 is 22.6 Å². The van der Waals surface area contributed by atoms with Crippen molar-refractivity contribution in [2.75, 3.05) is 18.4 Å². The fourth-order valence-electron chi connectivity index (χ4n) is 2.00. The summed E-state index contributed by atoms with van der Waals surface area (Å²) in [5.41, 5.74) is 0.348. The topological polar surface area (TPSA) is 130 Å². The molecule has 3 N–H and O–H groups in total. The Morgan fingerprint density at radius 2 is 1.63 bits per heavy atom. The van der Waals surface area contributed by atoms with E-state index in [-0.39, 0.29) is 24.3 Å². The smallest absolute Gasteiger partial charge is 0.270 e. The summed E-state index contributed by atoms with van der Waals surface area (Å²) in [5, 5.41) is 18.5. The van der Waals surface area contributed by atoms with Gasteiger partial charge >= 0.3 is 0 Å². The molecule has 2 rings (SSSR count). The van der Waals surface area contributed by atoms with Gasteiger partial charge in [-0.05, 0) is 30.3 Å². The van der Waals surface area contributed by atoms with Crippen LogP contribution in [0.15, 0.2) is 48.5 Å². The molecule has 2 aromatic rings. The van der Waals surface area contributed by atoms with Gasteiger partial charge in [0.25, 0.3) is 11.6 Å². The molecule has 0 bridgehead atoms. The Bertz CT molecular complexity index is 870. The van der Waals surface area contributed by atoms with Crippen LogP contribution in [0.3, 0.4) is 0 Å². The van der Waals surface area contributed by atoms with E-state index in [2.05, 4.69) is 16.0 Å². The van der Waals surface area contributed by atoms with Crippen molar-refractivity contribution in [1.82, 2.24) is 10.6 Å². The zero-order valence-electron chi connectivity index (χ0n) is 13.9. The van der Waals surface area contributed by atoms with E-state index in [4.69, 9.17) is 11.6 Å². The summed E-state index contributed by atoms with van der Waals surface area (Å²) < 4.78 is 0. The maximum atomic E-state index is 11.9. The van der Waals surface area contributed by atoms with Crippen LogP contribution in [0.2, 0.25) is 5.02 Å².